The van der Waals surface area contributed by atoms with Crippen LogP contribution in [0.4, 0.5) is 0 Å². The molecule has 0 saturated heterocycles. The van der Waals surface area contributed by atoms with E-state index in [1.54, 1.807) is 6.92 Å². The van der Waals surface area contributed by atoms with Gasteiger partial charge in [-0.3, -0.25) is 4.79 Å². The van der Waals surface area contributed by atoms with Crippen molar-refractivity contribution in [3.63, 3.8) is 0 Å². The van der Waals surface area contributed by atoms with E-state index in [0.29, 0.717) is 11.7 Å². The standard InChI is InChI=1S/C13H16O/c1-9(14)11-12(13(11,2)3)10-7-5-4-6-8-10/h4-8,11-12H,1-3H3/t11-,12-/m1/s1. The molecule has 1 fully saturated rings. The van der Waals surface area contributed by atoms with Crippen LogP contribution < -0.4 is 0 Å². The van der Waals surface area contributed by atoms with Gasteiger partial charge in [0, 0.05) is 5.92 Å². The Kier molecular flexibility index (Phi) is 1.99. The summed E-state index contributed by atoms with van der Waals surface area (Å²) in [6, 6.07) is 10.3. The number of rotatable bonds is 2. The second-order valence-corrected chi connectivity index (χ2v) is 4.80. The molecule has 1 nitrogen and oxygen atoms in total. The molecule has 0 radical (unpaired) electrons. The number of Topliss-reactive ketones (excluding diaryl/α,β-unsaturated/α-hetero) is 1. The number of ketones is 1. The average molecular weight is 188 g/mol. The summed E-state index contributed by atoms with van der Waals surface area (Å²) in [7, 11) is 0. The van der Waals surface area contributed by atoms with Crippen molar-refractivity contribution in [2.45, 2.75) is 26.7 Å². The fourth-order valence-corrected chi connectivity index (χ4v) is 2.68. The van der Waals surface area contributed by atoms with E-state index in [1.165, 1.54) is 5.56 Å². The highest BCUT2D eigenvalue weighted by atomic mass is 16.1. The highest BCUT2D eigenvalue weighted by Gasteiger charge is 2.60. The molecule has 1 aliphatic rings. The fourth-order valence-electron chi connectivity index (χ4n) is 2.68. The van der Waals surface area contributed by atoms with Crippen molar-refractivity contribution in [2.24, 2.45) is 11.3 Å². The van der Waals surface area contributed by atoms with E-state index in [1.807, 2.05) is 18.2 Å². The Hall–Kier alpha value is -1.11. The van der Waals surface area contributed by atoms with Crippen molar-refractivity contribution in [2.75, 3.05) is 0 Å². The number of benzene rings is 1. The third kappa shape index (κ3) is 1.28. The quantitative estimate of drug-likeness (QED) is 0.697. The molecular formula is C13H16O. The third-order valence-corrected chi connectivity index (χ3v) is 3.42. The summed E-state index contributed by atoms with van der Waals surface area (Å²) < 4.78 is 0. The van der Waals surface area contributed by atoms with Gasteiger partial charge in [0.05, 0.1) is 0 Å². The summed E-state index contributed by atoms with van der Waals surface area (Å²) in [5.41, 5.74) is 1.46. The second kappa shape index (κ2) is 2.94. The van der Waals surface area contributed by atoms with Crippen molar-refractivity contribution in [3.8, 4) is 0 Å². The SMILES string of the molecule is CC(=O)[C@@H]1[C@@H](c2ccccc2)C1(C)C. The minimum absolute atomic E-state index is 0.160. The van der Waals surface area contributed by atoms with E-state index in [2.05, 4.69) is 26.0 Å². The van der Waals surface area contributed by atoms with Crippen molar-refractivity contribution in [3.05, 3.63) is 35.9 Å². The molecule has 74 valence electrons. The summed E-state index contributed by atoms with van der Waals surface area (Å²) in [5.74, 6) is 0.981. The minimum Gasteiger partial charge on any atom is -0.300 e. The first-order valence-electron chi connectivity index (χ1n) is 5.10. The first kappa shape index (κ1) is 9.45. The maximum absolute atomic E-state index is 11.4. The Morgan fingerprint density at radius 1 is 1.21 bits per heavy atom. The van der Waals surface area contributed by atoms with E-state index < -0.39 is 0 Å². The Labute approximate surface area is 85.1 Å². The molecule has 1 aliphatic carbocycles. The summed E-state index contributed by atoms with van der Waals surface area (Å²) in [6.45, 7) is 6.06. The maximum Gasteiger partial charge on any atom is 0.134 e. The van der Waals surface area contributed by atoms with Gasteiger partial charge in [-0.15, -0.1) is 0 Å². The molecule has 14 heavy (non-hydrogen) atoms. The molecule has 1 aromatic carbocycles. The number of hydrogen-bond donors (Lipinski definition) is 0. The van der Waals surface area contributed by atoms with Crippen LogP contribution >= 0.6 is 0 Å². The fraction of sp³-hybridized carbons (Fsp3) is 0.462. The molecule has 2 atom stereocenters. The molecule has 0 aliphatic heterocycles. The van der Waals surface area contributed by atoms with Crippen LogP contribution in [0.25, 0.3) is 0 Å². The average Bonchev–Trinajstić information content (AvgIpc) is 2.71. The summed E-state index contributed by atoms with van der Waals surface area (Å²) in [4.78, 5) is 11.4. The van der Waals surface area contributed by atoms with Crippen LogP contribution in [0.1, 0.15) is 32.3 Å². The number of carbonyl (C=O) groups is 1. The Morgan fingerprint density at radius 2 is 1.79 bits per heavy atom. The van der Waals surface area contributed by atoms with Gasteiger partial charge in [-0.2, -0.15) is 0 Å². The van der Waals surface area contributed by atoms with E-state index >= 15 is 0 Å². The summed E-state index contributed by atoms with van der Waals surface area (Å²) in [5, 5.41) is 0. The van der Waals surface area contributed by atoms with Crippen molar-refractivity contribution >= 4 is 5.78 Å². The Bertz CT molecular complexity index is 351. The van der Waals surface area contributed by atoms with Crippen LogP contribution in [0, 0.1) is 11.3 Å². The van der Waals surface area contributed by atoms with Gasteiger partial charge in [0.1, 0.15) is 5.78 Å². The first-order chi connectivity index (χ1) is 6.55. The van der Waals surface area contributed by atoms with Crippen LogP contribution in [0.3, 0.4) is 0 Å². The van der Waals surface area contributed by atoms with E-state index in [9.17, 15) is 4.79 Å². The lowest BCUT2D eigenvalue weighted by Gasteiger charge is -2.01. The van der Waals surface area contributed by atoms with Crippen LogP contribution in [-0.4, -0.2) is 5.78 Å². The molecule has 0 heterocycles. The smallest absolute Gasteiger partial charge is 0.134 e. The van der Waals surface area contributed by atoms with Gasteiger partial charge >= 0.3 is 0 Å². The van der Waals surface area contributed by atoms with Gasteiger partial charge in [-0.1, -0.05) is 44.2 Å². The van der Waals surface area contributed by atoms with Crippen LogP contribution in [0.5, 0.6) is 0 Å². The molecule has 1 aromatic rings. The largest absolute Gasteiger partial charge is 0.300 e. The zero-order chi connectivity index (χ0) is 10.3. The van der Waals surface area contributed by atoms with E-state index in [0.717, 1.165) is 0 Å². The maximum atomic E-state index is 11.4. The lowest BCUT2D eigenvalue weighted by molar-refractivity contribution is -0.118. The molecule has 0 N–H and O–H groups in total. The molecule has 1 heteroatoms. The zero-order valence-electron chi connectivity index (χ0n) is 8.95. The summed E-state index contributed by atoms with van der Waals surface area (Å²) >= 11 is 0. The zero-order valence-corrected chi connectivity index (χ0v) is 8.95. The Balaban J connectivity index is 2.28. The predicted octanol–water partition coefficient (Wildman–Crippen LogP) is 3.02. The van der Waals surface area contributed by atoms with Crippen molar-refractivity contribution in [1.82, 2.24) is 0 Å². The molecule has 0 spiro atoms. The molecule has 0 aromatic heterocycles. The molecule has 0 amide bonds. The topological polar surface area (TPSA) is 17.1 Å². The minimum atomic E-state index is 0.160. The van der Waals surface area contributed by atoms with Crippen LogP contribution in [-0.2, 0) is 4.79 Å². The van der Waals surface area contributed by atoms with Crippen molar-refractivity contribution in [1.29, 1.82) is 0 Å². The highest BCUT2D eigenvalue weighted by Crippen LogP contribution is 2.64. The second-order valence-electron chi connectivity index (χ2n) is 4.80. The Morgan fingerprint density at radius 3 is 2.21 bits per heavy atom. The summed E-state index contributed by atoms with van der Waals surface area (Å²) in [6.07, 6.45) is 0. The molecule has 0 unspecified atom stereocenters. The van der Waals surface area contributed by atoms with E-state index in [4.69, 9.17) is 0 Å². The molecule has 1 saturated carbocycles. The van der Waals surface area contributed by atoms with Gasteiger partial charge in [-0.25, -0.2) is 0 Å². The molecule has 0 bridgehead atoms. The third-order valence-electron chi connectivity index (χ3n) is 3.42. The normalized spacial score (nSPS) is 28.5. The lowest BCUT2D eigenvalue weighted by Crippen LogP contribution is -1.99. The van der Waals surface area contributed by atoms with Gasteiger partial charge in [0.2, 0.25) is 0 Å². The number of hydrogen-bond acceptors (Lipinski definition) is 1. The number of carbonyl (C=O) groups excluding carboxylic acids is 1. The van der Waals surface area contributed by atoms with Gasteiger partial charge in [0.15, 0.2) is 0 Å². The predicted molar refractivity (Wildman–Crippen MR) is 57.1 cm³/mol. The van der Waals surface area contributed by atoms with Crippen LogP contribution in [0.15, 0.2) is 30.3 Å². The van der Waals surface area contributed by atoms with E-state index in [-0.39, 0.29) is 11.3 Å². The highest BCUT2D eigenvalue weighted by molar-refractivity contribution is 5.84. The van der Waals surface area contributed by atoms with Crippen LogP contribution in [0.2, 0.25) is 0 Å². The van der Waals surface area contributed by atoms with Gasteiger partial charge < -0.3 is 0 Å². The lowest BCUT2D eigenvalue weighted by atomic mass is 10.0. The molecular weight excluding hydrogens is 172 g/mol. The monoisotopic (exact) mass is 188 g/mol. The first-order valence-corrected chi connectivity index (χ1v) is 5.10. The van der Waals surface area contributed by atoms with Crippen molar-refractivity contribution < 1.29 is 4.79 Å². The van der Waals surface area contributed by atoms with Gasteiger partial charge in [-0.05, 0) is 23.8 Å². The van der Waals surface area contributed by atoms with Gasteiger partial charge in [0.25, 0.3) is 0 Å². The molecule has 2 rings (SSSR count).